The molecule has 1 saturated heterocycles. The van der Waals surface area contributed by atoms with E-state index in [1.807, 2.05) is 12.1 Å². The van der Waals surface area contributed by atoms with Gasteiger partial charge in [0.25, 0.3) is 0 Å². The van der Waals surface area contributed by atoms with Crippen molar-refractivity contribution < 1.29 is 9.15 Å². The van der Waals surface area contributed by atoms with Crippen LogP contribution in [-0.4, -0.2) is 31.3 Å². The van der Waals surface area contributed by atoms with Crippen LogP contribution in [0.4, 0.5) is 0 Å². The summed E-state index contributed by atoms with van der Waals surface area (Å²) in [4.78, 5) is 0. The molecule has 1 aromatic heterocycles. The fourth-order valence-electron chi connectivity index (χ4n) is 2.63. The summed E-state index contributed by atoms with van der Waals surface area (Å²) in [5, 5.41) is 3.41. The normalized spacial score (nSPS) is 18.8. The minimum absolute atomic E-state index is 0.172. The molecule has 3 rings (SSSR count). The smallest absolute Gasteiger partial charge is 0.134 e. The summed E-state index contributed by atoms with van der Waals surface area (Å²) in [7, 11) is 0. The molecule has 1 unspecified atom stereocenters. The fourth-order valence-corrected chi connectivity index (χ4v) is 2.63. The predicted octanol–water partition coefficient (Wildman–Crippen LogP) is 2.64. The molecule has 19 heavy (non-hydrogen) atoms. The maximum Gasteiger partial charge on any atom is 0.134 e. The van der Waals surface area contributed by atoms with Crippen molar-refractivity contribution in [1.82, 2.24) is 10.4 Å². The highest BCUT2D eigenvalue weighted by atomic mass is 16.5. The molecule has 0 amide bonds. The number of fused-ring (bicyclic) bond motifs is 1. The van der Waals surface area contributed by atoms with Crippen LogP contribution in [0.1, 0.15) is 24.3 Å². The van der Waals surface area contributed by atoms with Gasteiger partial charge < -0.3 is 9.15 Å². The van der Waals surface area contributed by atoms with Crippen LogP contribution in [0, 0.1) is 6.92 Å². The van der Waals surface area contributed by atoms with E-state index in [9.17, 15) is 0 Å². The van der Waals surface area contributed by atoms with Crippen LogP contribution in [0.15, 0.2) is 28.7 Å². The first-order chi connectivity index (χ1) is 9.25. The van der Waals surface area contributed by atoms with E-state index in [2.05, 4.69) is 36.4 Å². The highest BCUT2D eigenvalue weighted by molar-refractivity contribution is 5.82. The maximum atomic E-state index is 5.98. The van der Waals surface area contributed by atoms with Gasteiger partial charge in [0.15, 0.2) is 0 Å². The van der Waals surface area contributed by atoms with Crippen molar-refractivity contribution in [2.45, 2.75) is 19.9 Å². The Hall–Kier alpha value is -1.36. The minimum Gasteiger partial charge on any atom is -0.459 e. The van der Waals surface area contributed by atoms with E-state index in [4.69, 9.17) is 9.15 Å². The number of ether oxygens (including phenoxy) is 1. The zero-order valence-electron chi connectivity index (χ0n) is 11.5. The Morgan fingerprint density at radius 2 is 1.95 bits per heavy atom. The minimum atomic E-state index is 0.172. The Labute approximate surface area is 113 Å². The number of nitrogens with one attached hydrogen (secondary N) is 1. The van der Waals surface area contributed by atoms with Crippen molar-refractivity contribution in [3.05, 3.63) is 35.6 Å². The number of hydrogen-bond acceptors (Lipinski definition) is 4. The number of nitrogens with zero attached hydrogens (tertiary/aromatic N) is 1. The van der Waals surface area contributed by atoms with Crippen molar-refractivity contribution in [2.75, 3.05) is 26.3 Å². The molecule has 4 heteroatoms. The van der Waals surface area contributed by atoms with Gasteiger partial charge in [0.05, 0.1) is 19.3 Å². The van der Waals surface area contributed by atoms with Crippen molar-refractivity contribution in [3.63, 3.8) is 0 Å². The average Bonchev–Trinajstić information content (AvgIpc) is 2.78. The molecule has 102 valence electrons. The molecule has 0 radical (unpaired) electrons. The lowest BCUT2D eigenvalue weighted by Crippen LogP contribution is -2.46. The molecule has 2 aromatic rings. The summed E-state index contributed by atoms with van der Waals surface area (Å²) in [5.41, 5.74) is 5.69. The molecular formula is C15H20N2O2. The van der Waals surface area contributed by atoms with Crippen molar-refractivity contribution in [1.29, 1.82) is 0 Å². The second-order valence-electron chi connectivity index (χ2n) is 5.04. The molecule has 1 aromatic carbocycles. The Kier molecular flexibility index (Phi) is 3.55. The number of morpholine rings is 1. The summed E-state index contributed by atoms with van der Waals surface area (Å²) in [6.45, 7) is 7.68. The maximum absolute atomic E-state index is 5.98. The van der Waals surface area contributed by atoms with Gasteiger partial charge in [-0.25, -0.2) is 10.4 Å². The molecule has 1 fully saturated rings. The molecule has 1 aliphatic rings. The predicted molar refractivity (Wildman–Crippen MR) is 74.9 cm³/mol. The van der Waals surface area contributed by atoms with Gasteiger partial charge in [-0.15, -0.1) is 0 Å². The SMILES string of the molecule is Cc1c(C(C)NN2CCOCC2)oc2ccccc12. The van der Waals surface area contributed by atoms with E-state index in [0.29, 0.717) is 0 Å². The van der Waals surface area contributed by atoms with Crippen LogP contribution in [0.2, 0.25) is 0 Å². The molecule has 0 aliphatic carbocycles. The molecule has 1 atom stereocenters. The first kappa shape index (κ1) is 12.7. The lowest BCUT2D eigenvalue weighted by atomic mass is 10.1. The third kappa shape index (κ3) is 2.52. The largest absolute Gasteiger partial charge is 0.459 e. The van der Waals surface area contributed by atoms with E-state index in [0.717, 1.165) is 37.6 Å². The lowest BCUT2D eigenvalue weighted by molar-refractivity contribution is 0.00325. The topological polar surface area (TPSA) is 37.6 Å². The quantitative estimate of drug-likeness (QED) is 0.920. The third-order valence-corrected chi connectivity index (χ3v) is 3.66. The number of aryl methyl sites for hydroxylation is 1. The standard InChI is InChI=1S/C15H20N2O2/c1-11-13-5-3-4-6-14(13)19-15(11)12(2)16-17-7-9-18-10-8-17/h3-6,12,16H,7-10H2,1-2H3. The number of furan rings is 1. The summed E-state index contributed by atoms with van der Waals surface area (Å²) < 4.78 is 11.3. The van der Waals surface area contributed by atoms with Crippen LogP contribution < -0.4 is 5.43 Å². The number of benzene rings is 1. The fraction of sp³-hybridized carbons (Fsp3) is 0.467. The molecule has 2 heterocycles. The van der Waals surface area contributed by atoms with Gasteiger partial charge >= 0.3 is 0 Å². The lowest BCUT2D eigenvalue weighted by Gasteiger charge is -2.29. The average molecular weight is 260 g/mol. The van der Waals surface area contributed by atoms with Gasteiger partial charge in [0.1, 0.15) is 11.3 Å². The van der Waals surface area contributed by atoms with E-state index in [1.165, 1.54) is 10.9 Å². The summed E-state index contributed by atoms with van der Waals surface area (Å²) in [6, 6.07) is 8.36. The summed E-state index contributed by atoms with van der Waals surface area (Å²) >= 11 is 0. The summed E-state index contributed by atoms with van der Waals surface area (Å²) in [6.07, 6.45) is 0. The molecule has 0 saturated carbocycles. The first-order valence-electron chi connectivity index (χ1n) is 6.82. The zero-order valence-corrected chi connectivity index (χ0v) is 11.5. The Bertz CT molecular complexity index is 558. The Morgan fingerprint density at radius 1 is 1.21 bits per heavy atom. The van der Waals surface area contributed by atoms with Gasteiger partial charge in [-0.05, 0) is 19.9 Å². The van der Waals surface area contributed by atoms with Crippen LogP contribution in [0.5, 0.6) is 0 Å². The molecule has 1 aliphatic heterocycles. The number of hydrogen-bond donors (Lipinski definition) is 1. The number of hydrazine groups is 1. The molecule has 0 spiro atoms. The molecule has 4 nitrogen and oxygen atoms in total. The van der Waals surface area contributed by atoms with E-state index >= 15 is 0 Å². The molecule has 0 bridgehead atoms. The second kappa shape index (κ2) is 5.33. The van der Waals surface area contributed by atoms with Gasteiger partial charge in [0, 0.05) is 24.0 Å². The third-order valence-electron chi connectivity index (χ3n) is 3.66. The van der Waals surface area contributed by atoms with Crippen molar-refractivity contribution in [3.8, 4) is 0 Å². The van der Waals surface area contributed by atoms with Gasteiger partial charge in [0.2, 0.25) is 0 Å². The first-order valence-corrected chi connectivity index (χ1v) is 6.82. The van der Waals surface area contributed by atoms with Crippen LogP contribution in [0.3, 0.4) is 0 Å². The van der Waals surface area contributed by atoms with Gasteiger partial charge in [-0.1, -0.05) is 18.2 Å². The van der Waals surface area contributed by atoms with Crippen LogP contribution in [0.25, 0.3) is 11.0 Å². The van der Waals surface area contributed by atoms with Gasteiger partial charge in [-0.3, -0.25) is 0 Å². The van der Waals surface area contributed by atoms with Gasteiger partial charge in [-0.2, -0.15) is 0 Å². The highest BCUT2D eigenvalue weighted by Crippen LogP contribution is 2.29. The monoisotopic (exact) mass is 260 g/mol. The molecular weight excluding hydrogens is 240 g/mol. The van der Waals surface area contributed by atoms with Crippen molar-refractivity contribution >= 4 is 11.0 Å². The number of rotatable bonds is 3. The van der Waals surface area contributed by atoms with E-state index in [1.54, 1.807) is 0 Å². The van der Waals surface area contributed by atoms with Crippen LogP contribution in [-0.2, 0) is 4.74 Å². The van der Waals surface area contributed by atoms with E-state index < -0.39 is 0 Å². The Morgan fingerprint density at radius 3 is 2.68 bits per heavy atom. The highest BCUT2D eigenvalue weighted by Gasteiger charge is 2.19. The van der Waals surface area contributed by atoms with Crippen LogP contribution >= 0.6 is 0 Å². The zero-order chi connectivity index (χ0) is 13.2. The number of para-hydroxylation sites is 1. The Balaban J connectivity index is 1.80. The molecule has 1 N–H and O–H groups in total. The van der Waals surface area contributed by atoms with Crippen molar-refractivity contribution in [2.24, 2.45) is 0 Å². The second-order valence-corrected chi connectivity index (χ2v) is 5.04. The summed E-state index contributed by atoms with van der Waals surface area (Å²) in [5.74, 6) is 1.02. The van der Waals surface area contributed by atoms with E-state index in [-0.39, 0.29) is 6.04 Å².